The molecule has 2 rings (SSSR count). The number of thiol groups is 1. The second-order valence-electron chi connectivity index (χ2n) is 12.8. The van der Waals surface area contributed by atoms with Crippen molar-refractivity contribution in [2.45, 2.75) is 79.9 Å². The van der Waals surface area contributed by atoms with Crippen LogP contribution in [0, 0.1) is 0 Å². The van der Waals surface area contributed by atoms with E-state index in [4.69, 9.17) is 11.5 Å². The van der Waals surface area contributed by atoms with Crippen LogP contribution in [0.5, 0.6) is 0 Å². The maximum Gasteiger partial charge on any atom is 0.242 e. The molecule has 0 aromatic rings. The van der Waals surface area contributed by atoms with E-state index in [0.29, 0.717) is 0 Å². The van der Waals surface area contributed by atoms with Crippen molar-refractivity contribution in [3.8, 4) is 0 Å². The van der Waals surface area contributed by atoms with Crippen LogP contribution in [0.2, 0.25) is 0 Å². The fraction of sp³-hybridized carbons (Fsp3) is 0.833. The number of carbonyl (C=O) groups is 6. The summed E-state index contributed by atoms with van der Waals surface area (Å²) in [6, 6.07) is 0. The molecule has 0 saturated carbocycles. The molecule has 6 amide bonds. The Bertz CT molecular complexity index is 939. The molecule has 0 aliphatic carbocycles. The fourth-order valence-electron chi connectivity index (χ4n) is 3.53. The number of amides is 6. The van der Waals surface area contributed by atoms with E-state index in [1.54, 1.807) is 0 Å². The molecule has 1 atom stereocenters. The number of imide groups is 2. The van der Waals surface area contributed by atoms with Crippen LogP contribution < -0.4 is 22.1 Å². The Morgan fingerprint density at radius 1 is 0.593 bits per heavy atom. The van der Waals surface area contributed by atoms with Gasteiger partial charge < -0.3 is 22.1 Å². The predicted octanol–water partition coefficient (Wildman–Crippen LogP) is 3.81. The summed E-state index contributed by atoms with van der Waals surface area (Å²) in [5, 5.41) is 4.43. The van der Waals surface area contributed by atoms with Crippen LogP contribution in [-0.2, 0) is 48.2 Å². The first-order chi connectivity index (χ1) is 24.9. The van der Waals surface area contributed by atoms with Crippen LogP contribution in [0.25, 0.3) is 0 Å². The van der Waals surface area contributed by atoms with E-state index < -0.39 is 5.25 Å². The Morgan fingerprint density at radius 2 is 0.870 bits per heavy atom. The van der Waals surface area contributed by atoms with Crippen molar-refractivity contribution >= 4 is 79.8 Å². The van der Waals surface area contributed by atoms with Crippen molar-refractivity contribution in [2.75, 3.05) is 115 Å². The van der Waals surface area contributed by atoms with E-state index in [-0.39, 0.29) is 145 Å². The summed E-state index contributed by atoms with van der Waals surface area (Å²) in [6.07, 6.45) is 12.1. The monoisotopic (exact) mass is 953 g/mol. The Kier molecular flexibility index (Phi) is 49.5. The minimum Gasteiger partial charge on any atom is -0.353 e. The Balaban J connectivity index is -0.000000188. The van der Waals surface area contributed by atoms with Gasteiger partial charge in [0.25, 0.3) is 0 Å². The normalized spacial score (nSPS) is 14.5. The SMILES string of the molecule is CC[PH+](C)CC.CC[PH+](C)CC.CC[PH+](C)CC.CC[PH+](C)CC.NCC(=O)NCCN1C(=O)CCC1=O.NCC(=O)NCCN1C(=O)C[C@@H](S)C1=O.[Rh]. The number of hydrogen-bond donors (Lipinski definition) is 5. The number of nitrogens with zero attached hydrogens (tertiary/aromatic N) is 2. The second kappa shape index (κ2) is 42.4. The van der Waals surface area contributed by atoms with Gasteiger partial charge in [-0.1, -0.05) is 0 Å². The van der Waals surface area contributed by atoms with Gasteiger partial charge in [0.15, 0.2) is 0 Å². The molecule has 0 aromatic heterocycles. The largest absolute Gasteiger partial charge is 0.353 e. The molecule has 2 saturated heterocycles. The minimum atomic E-state index is -0.539. The Labute approximate surface area is 353 Å². The molecular formula is C36H82N6O6P4RhS+4. The van der Waals surface area contributed by atoms with Crippen LogP contribution in [-0.4, -0.2) is 166 Å². The summed E-state index contributed by atoms with van der Waals surface area (Å²) in [5.41, 5.74) is 10.1. The zero-order chi connectivity index (χ0) is 41.9. The molecule has 0 bridgehead atoms. The van der Waals surface area contributed by atoms with E-state index >= 15 is 0 Å². The topological polar surface area (TPSA) is 185 Å². The maximum atomic E-state index is 11.4. The number of likely N-dealkylation sites (tertiary alicyclic amines) is 2. The van der Waals surface area contributed by atoms with E-state index in [1.165, 1.54) is 49.3 Å². The van der Waals surface area contributed by atoms with Gasteiger partial charge in [0, 0.05) is 91.6 Å². The molecule has 2 heterocycles. The molecule has 1 radical (unpaired) electrons. The van der Waals surface area contributed by atoms with Crippen LogP contribution in [0.3, 0.4) is 0 Å². The quantitative estimate of drug-likeness (QED) is 0.0670. The molecule has 18 heteroatoms. The second-order valence-corrected chi connectivity index (χ2v) is 26.7. The van der Waals surface area contributed by atoms with E-state index in [9.17, 15) is 28.8 Å². The van der Waals surface area contributed by atoms with Gasteiger partial charge in [-0.2, -0.15) is 12.6 Å². The van der Waals surface area contributed by atoms with Crippen LogP contribution in [0.15, 0.2) is 0 Å². The smallest absolute Gasteiger partial charge is 0.242 e. The zero-order valence-electron chi connectivity index (χ0n) is 35.9. The van der Waals surface area contributed by atoms with Gasteiger partial charge in [-0.25, -0.2) is 0 Å². The van der Waals surface area contributed by atoms with E-state index in [1.807, 2.05) is 0 Å². The average molecular weight is 954 g/mol. The number of rotatable bonds is 16. The van der Waals surface area contributed by atoms with E-state index in [2.05, 4.69) is 105 Å². The number of nitrogens with two attached hydrogens (primary N) is 2. The van der Waals surface area contributed by atoms with Crippen molar-refractivity contribution in [2.24, 2.45) is 11.5 Å². The third-order valence-electron chi connectivity index (χ3n) is 8.89. The molecular weight excluding hydrogens is 871 g/mol. The average Bonchev–Trinajstić information content (AvgIpc) is 3.63. The van der Waals surface area contributed by atoms with Gasteiger partial charge in [0.1, 0.15) is 0 Å². The van der Waals surface area contributed by atoms with Gasteiger partial charge in [-0.3, -0.25) is 38.6 Å². The van der Waals surface area contributed by atoms with Gasteiger partial charge in [-0.15, -0.1) is 0 Å². The number of hydrogen-bond acceptors (Lipinski definition) is 9. The van der Waals surface area contributed by atoms with Crippen molar-refractivity contribution in [3.05, 3.63) is 0 Å². The molecule has 2 fully saturated rings. The van der Waals surface area contributed by atoms with Crippen molar-refractivity contribution in [1.82, 2.24) is 20.4 Å². The molecule has 323 valence electrons. The zero-order valence-corrected chi connectivity index (χ0v) is 42.4. The summed E-state index contributed by atoms with van der Waals surface area (Å²) in [4.78, 5) is 68.6. The molecule has 0 unspecified atom stereocenters. The molecule has 54 heavy (non-hydrogen) atoms. The summed E-state index contributed by atoms with van der Waals surface area (Å²) >= 11 is 3.97. The first kappa shape index (κ1) is 63.0. The molecule has 12 nitrogen and oxygen atoms in total. The molecule has 2 aliphatic heterocycles. The molecule has 2 aliphatic rings. The van der Waals surface area contributed by atoms with Crippen molar-refractivity contribution in [3.63, 3.8) is 0 Å². The number of nitrogens with one attached hydrogen (secondary N) is 2. The van der Waals surface area contributed by atoms with E-state index in [0.717, 1.165) is 9.80 Å². The van der Waals surface area contributed by atoms with Crippen molar-refractivity contribution in [1.29, 1.82) is 0 Å². The first-order valence-electron chi connectivity index (χ1n) is 19.5. The molecule has 0 aromatic carbocycles. The Morgan fingerprint density at radius 3 is 1.07 bits per heavy atom. The van der Waals surface area contributed by atoms with Crippen molar-refractivity contribution < 1.29 is 48.2 Å². The summed E-state index contributed by atoms with van der Waals surface area (Å²) < 4.78 is 0. The summed E-state index contributed by atoms with van der Waals surface area (Å²) in [5.74, 6) is -1.48. The predicted molar refractivity (Wildman–Crippen MR) is 245 cm³/mol. The van der Waals surface area contributed by atoms with Crippen LogP contribution >= 0.6 is 44.3 Å². The molecule has 6 N–H and O–H groups in total. The number of carbonyl (C=O) groups excluding carboxylic acids is 6. The standard InChI is InChI=1S/C8H13N3O3S.C8H13N3O3.4C5H13P.Rh/c9-4-6(12)10-1-2-11-7(13)3-5(15)8(11)14;9-5-6(12)10-3-4-11-7(13)1-2-8(11)14;4*1-4-6(3)5-2;/h5,15H,1-4,9H2,(H,10,12);1-5,9H2,(H,10,12);4*4-5H2,1-3H3;/p+4/t5-;;;;;;/m1....../s1. The third-order valence-corrected chi connectivity index (χ3v) is 18.9. The Hall–Kier alpha value is -0.167. The molecule has 0 spiro atoms. The summed E-state index contributed by atoms with van der Waals surface area (Å²) in [7, 11) is 0.527. The summed E-state index contributed by atoms with van der Waals surface area (Å²) in [6.45, 7) is 28.5. The first-order valence-corrected chi connectivity index (χ1v) is 29.7. The third kappa shape index (κ3) is 36.2. The van der Waals surface area contributed by atoms with Crippen LogP contribution in [0.4, 0.5) is 0 Å². The maximum absolute atomic E-state index is 11.4. The van der Waals surface area contributed by atoms with Gasteiger partial charge >= 0.3 is 0 Å². The minimum absolute atomic E-state index is 0. The fourth-order valence-corrected chi connectivity index (χ4v) is 5.83. The van der Waals surface area contributed by atoms with Gasteiger partial charge in [-0.05, 0) is 87.1 Å². The van der Waals surface area contributed by atoms with Gasteiger partial charge in [0.2, 0.25) is 35.4 Å². The van der Waals surface area contributed by atoms with Gasteiger partial charge in [0.05, 0.1) is 67.6 Å². The van der Waals surface area contributed by atoms with Crippen LogP contribution in [0.1, 0.15) is 74.7 Å².